The van der Waals surface area contributed by atoms with Crippen LogP contribution < -0.4 is 5.73 Å². The summed E-state index contributed by atoms with van der Waals surface area (Å²) >= 11 is 0. The number of nitrogens with zero attached hydrogens (tertiary/aromatic N) is 1. The monoisotopic (exact) mass is 282 g/mol. The van der Waals surface area contributed by atoms with Crippen molar-refractivity contribution in [1.82, 2.24) is 4.90 Å². The van der Waals surface area contributed by atoms with E-state index in [4.69, 9.17) is 5.73 Å². The maximum atomic E-state index is 12.5. The third-order valence-corrected chi connectivity index (χ3v) is 3.67. The first-order chi connectivity index (χ1) is 8.08. The van der Waals surface area contributed by atoms with E-state index >= 15 is 0 Å². The summed E-state index contributed by atoms with van der Waals surface area (Å²) < 4.78 is 24.9. The van der Waals surface area contributed by atoms with Gasteiger partial charge in [0.2, 0.25) is 5.91 Å². The second-order valence-electron chi connectivity index (χ2n) is 5.24. The van der Waals surface area contributed by atoms with E-state index in [1.807, 2.05) is 0 Å². The van der Waals surface area contributed by atoms with Gasteiger partial charge in [-0.2, -0.15) is 0 Å². The molecule has 2 fully saturated rings. The van der Waals surface area contributed by atoms with E-state index in [1.54, 1.807) is 0 Å². The van der Waals surface area contributed by atoms with Crippen molar-refractivity contribution in [2.75, 3.05) is 6.54 Å². The molecule has 0 saturated heterocycles. The zero-order valence-corrected chi connectivity index (χ0v) is 11.2. The van der Waals surface area contributed by atoms with Crippen LogP contribution in [0, 0.1) is 5.92 Å². The number of carbonyl (C=O) groups excluding carboxylic acids is 1. The number of alkyl halides is 2. The van der Waals surface area contributed by atoms with E-state index < -0.39 is 13.0 Å². The van der Waals surface area contributed by atoms with Crippen molar-refractivity contribution < 1.29 is 13.6 Å². The minimum absolute atomic E-state index is 0. The van der Waals surface area contributed by atoms with Crippen molar-refractivity contribution in [3.8, 4) is 0 Å². The van der Waals surface area contributed by atoms with Gasteiger partial charge in [-0.15, -0.1) is 12.4 Å². The van der Waals surface area contributed by atoms with Gasteiger partial charge in [-0.25, -0.2) is 8.78 Å². The molecular weight excluding hydrogens is 262 g/mol. The lowest BCUT2D eigenvalue weighted by atomic mass is 9.85. The number of amides is 1. The molecule has 2 atom stereocenters. The van der Waals surface area contributed by atoms with Crippen LogP contribution in [0.4, 0.5) is 8.78 Å². The second kappa shape index (κ2) is 6.66. The standard InChI is InChI=1S/C12H20F2N2O.ClH/c13-11(14)7-16(10-4-5-10)12(17)8-2-1-3-9(15)6-8;/h8-11H,1-7,15H2;1H. The normalized spacial score (nSPS) is 27.8. The van der Waals surface area contributed by atoms with Crippen molar-refractivity contribution in [3.05, 3.63) is 0 Å². The lowest BCUT2D eigenvalue weighted by Gasteiger charge is -2.31. The quantitative estimate of drug-likeness (QED) is 0.859. The van der Waals surface area contributed by atoms with Crippen LogP contribution in [0.5, 0.6) is 0 Å². The smallest absolute Gasteiger partial charge is 0.255 e. The summed E-state index contributed by atoms with van der Waals surface area (Å²) in [6.45, 7) is -0.408. The molecule has 0 aromatic rings. The van der Waals surface area contributed by atoms with Crippen LogP contribution in [0.15, 0.2) is 0 Å². The van der Waals surface area contributed by atoms with Gasteiger partial charge in [0.05, 0.1) is 6.54 Å². The molecule has 18 heavy (non-hydrogen) atoms. The van der Waals surface area contributed by atoms with E-state index in [0.717, 1.165) is 32.1 Å². The van der Waals surface area contributed by atoms with Gasteiger partial charge < -0.3 is 10.6 Å². The molecule has 2 N–H and O–H groups in total. The summed E-state index contributed by atoms with van der Waals surface area (Å²) in [6.07, 6.45) is 2.66. The molecule has 0 aliphatic heterocycles. The molecule has 6 heteroatoms. The Morgan fingerprint density at radius 1 is 1.28 bits per heavy atom. The molecule has 0 heterocycles. The average molecular weight is 283 g/mol. The molecule has 0 spiro atoms. The van der Waals surface area contributed by atoms with Gasteiger partial charge in [0.15, 0.2) is 0 Å². The SMILES string of the molecule is Cl.NC1CCCC(C(=O)N(CC(F)F)C2CC2)C1. The average Bonchev–Trinajstić information content (AvgIpc) is 3.08. The van der Waals surface area contributed by atoms with E-state index in [9.17, 15) is 13.6 Å². The summed E-state index contributed by atoms with van der Waals surface area (Å²) in [5.74, 6) is -0.221. The Labute approximate surface area is 112 Å². The molecule has 2 saturated carbocycles. The Balaban J connectivity index is 0.00000162. The molecule has 0 aromatic heterocycles. The van der Waals surface area contributed by atoms with E-state index in [2.05, 4.69) is 0 Å². The number of nitrogens with two attached hydrogens (primary N) is 1. The molecule has 2 aliphatic rings. The Bertz CT molecular complexity index is 287. The third kappa shape index (κ3) is 4.05. The van der Waals surface area contributed by atoms with Crippen molar-refractivity contribution in [2.24, 2.45) is 11.7 Å². The molecule has 0 radical (unpaired) electrons. The van der Waals surface area contributed by atoms with Crippen molar-refractivity contribution >= 4 is 18.3 Å². The first-order valence-electron chi connectivity index (χ1n) is 6.42. The lowest BCUT2D eigenvalue weighted by molar-refractivity contribution is -0.139. The number of hydrogen-bond donors (Lipinski definition) is 1. The maximum absolute atomic E-state index is 12.5. The zero-order chi connectivity index (χ0) is 12.4. The van der Waals surface area contributed by atoms with Crippen LogP contribution in [0.1, 0.15) is 38.5 Å². The van der Waals surface area contributed by atoms with Crippen LogP contribution in [-0.2, 0) is 4.79 Å². The Hall–Kier alpha value is -0.420. The fourth-order valence-electron chi connectivity index (χ4n) is 2.64. The predicted octanol–water partition coefficient (Wildman–Crippen LogP) is 2.18. The topological polar surface area (TPSA) is 46.3 Å². The molecule has 3 nitrogen and oxygen atoms in total. The fourth-order valence-corrected chi connectivity index (χ4v) is 2.64. The Morgan fingerprint density at radius 3 is 2.44 bits per heavy atom. The van der Waals surface area contributed by atoms with Gasteiger partial charge >= 0.3 is 0 Å². The molecule has 0 bridgehead atoms. The molecule has 2 aliphatic carbocycles. The molecule has 2 rings (SSSR count). The van der Waals surface area contributed by atoms with Crippen LogP contribution in [0.3, 0.4) is 0 Å². The highest BCUT2D eigenvalue weighted by molar-refractivity contribution is 5.85. The molecule has 106 valence electrons. The van der Waals surface area contributed by atoms with Crippen LogP contribution >= 0.6 is 12.4 Å². The van der Waals surface area contributed by atoms with Crippen molar-refractivity contribution in [2.45, 2.75) is 57.0 Å². The zero-order valence-electron chi connectivity index (χ0n) is 10.4. The molecule has 2 unspecified atom stereocenters. The van der Waals surface area contributed by atoms with Crippen molar-refractivity contribution in [3.63, 3.8) is 0 Å². The summed E-state index contributed by atoms with van der Waals surface area (Å²) in [5, 5.41) is 0. The molecule has 1 amide bonds. The lowest BCUT2D eigenvalue weighted by Crippen LogP contribution is -2.43. The number of halogens is 3. The second-order valence-corrected chi connectivity index (χ2v) is 5.24. The minimum Gasteiger partial charge on any atom is -0.334 e. The van der Waals surface area contributed by atoms with Gasteiger partial charge in [0.1, 0.15) is 0 Å². The van der Waals surface area contributed by atoms with Gasteiger partial charge in [-0.1, -0.05) is 6.42 Å². The first kappa shape index (κ1) is 15.6. The Kier molecular flexibility index (Phi) is 5.79. The van der Waals surface area contributed by atoms with E-state index in [0.29, 0.717) is 6.42 Å². The highest BCUT2D eigenvalue weighted by atomic mass is 35.5. The first-order valence-corrected chi connectivity index (χ1v) is 6.42. The van der Waals surface area contributed by atoms with E-state index in [1.165, 1.54) is 4.90 Å². The van der Waals surface area contributed by atoms with Crippen molar-refractivity contribution in [1.29, 1.82) is 0 Å². The molecular formula is C12H21ClF2N2O. The summed E-state index contributed by atoms with van der Waals surface area (Å²) in [7, 11) is 0. The van der Waals surface area contributed by atoms with Gasteiger partial charge in [0.25, 0.3) is 6.43 Å². The number of carbonyl (C=O) groups is 1. The van der Waals surface area contributed by atoms with Gasteiger partial charge in [-0.05, 0) is 32.1 Å². The van der Waals surface area contributed by atoms with Gasteiger partial charge in [0, 0.05) is 18.0 Å². The van der Waals surface area contributed by atoms with Crippen LogP contribution in [-0.4, -0.2) is 35.9 Å². The number of rotatable bonds is 4. The fraction of sp³-hybridized carbons (Fsp3) is 0.917. The summed E-state index contributed by atoms with van der Waals surface area (Å²) in [4.78, 5) is 13.6. The van der Waals surface area contributed by atoms with Gasteiger partial charge in [-0.3, -0.25) is 4.79 Å². The highest BCUT2D eigenvalue weighted by Gasteiger charge is 2.38. The predicted molar refractivity (Wildman–Crippen MR) is 67.9 cm³/mol. The largest absolute Gasteiger partial charge is 0.334 e. The maximum Gasteiger partial charge on any atom is 0.255 e. The Morgan fingerprint density at radius 2 is 1.94 bits per heavy atom. The number of hydrogen-bond acceptors (Lipinski definition) is 2. The van der Waals surface area contributed by atoms with Crippen LogP contribution in [0.2, 0.25) is 0 Å². The summed E-state index contributed by atoms with van der Waals surface area (Å²) in [5.41, 5.74) is 5.84. The summed E-state index contributed by atoms with van der Waals surface area (Å²) in [6, 6.07) is 0.125. The third-order valence-electron chi connectivity index (χ3n) is 3.67. The highest BCUT2D eigenvalue weighted by Crippen LogP contribution is 2.32. The van der Waals surface area contributed by atoms with E-state index in [-0.39, 0.29) is 36.3 Å². The van der Waals surface area contributed by atoms with Crippen LogP contribution in [0.25, 0.3) is 0 Å². The molecule has 0 aromatic carbocycles. The minimum atomic E-state index is -2.43.